The average Bonchev–Trinajstić information content (AvgIpc) is 2.93. The highest BCUT2D eigenvalue weighted by atomic mass is 35.5. The third-order valence-electron chi connectivity index (χ3n) is 6.00. The minimum Gasteiger partial charge on any atom is -0.355 e. The molecular formula is C20H31Cl2N3O. The summed E-state index contributed by atoms with van der Waals surface area (Å²) in [4.78, 5) is 14.7. The number of amides is 1. The summed E-state index contributed by atoms with van der Waals surface area (Å²) >= 11 is 0. The van der Waals surface area contributed by atoms with Crippen molar-refractivity contribution >= 4 is 30.7 Å². The van der Waals surface area contributed by atoms with Crippen LogP contribution in [0.15, 0.2) is 24.3 Å². The molecule has 2 N–H and O–H groups in total. The molecule has 2 atom stereocenters. The maximum Gasteiger partial charge on any atom is 0.220 e. The highest BCUT2D eigenvalue weighted by Crippen LogP contribution is 2.32. The molecule has 4 rings (SSSR count). The molecule has 2 fully saturated rings. The van der Waals surface area contributed by atoms with Gasteiger partial charge in [0.2, 0.25) is 5.91 Å². The predicted molar refractivity (Wildman–Crippen MR) is 110 cm³/mol. The summed E-state index contributed by atoms with van der Waals surface area (Å²) in [5.74, 6) is 0.837. The fourth-order valence-electron chi connectivity index (χ4n) is 4.77. The Hall–Kier alpha value is -0.810. The summed E-state index contributed by atoms with van der Waals surface area (Å²) in [7, 11) is 0. The number of fused-ring (bicyclic) bond motifs is 3. The van der Waals surface area contributed by atoms with Gasteiger partial charge in [-0.05, 0) is 49.1 Å². The first-order valence-corrected chi connectivity index (χ1v) is 9.58. The van der Waals surface area contributed by atoms with E-state index in [0.717, 1.165) is 39.0 Å². The van der Waals surface area contributed by atoms with Crippen molar-refractivity contribution in [1.82, 2.24) is 15.5 Å². The maximum absolute atomic E-state index is 12.2. The number of benzene rings is 1. The monoisotopic (exact) mass is 399 g/mol. The second kappa shape index (κ2) is 9.93. The lowest BCUT2D eigenvalue weighted by molar-refractivity contribution is -0.122. The molecule has 4 nitrogen and oxygen atoms in total. The number of nitrogens with one attached hydrogen (secondary N) is 2. The van der Waals surface area contributed by atoms with Gasteiger partial charge in [-0.2, -0.15) is 0 Å². The van der Waals surface area contributed by atoms with Crippen molar-refractivity contribution < 1.29 is 4.79 Å². The van der Waals surface area contributed by atoms with Gasteiger partial charge in [0.05, 0.1) is 0 Å². The molecule has 0 aliphatic carbocycles. The highest BCUT2D eigenvalue weighted by molar-refractivity contribution is 5.85. The van der Waals surface area contributed by atoms with Crippen molar-refractivity contribution in [1.29, 1.82) is 0 Å². The number of piperidine rings is 1. The minimum atomic E-state index is 0. The Morgan fingerprint density at radius 1 is 1.12 bits per heavy atom. The van der Waals surface area contributed by atoms with Crippen LogP contribution in [-0.4, -0.2) is 42.5 Å². The molecule has 0 aromatic heterocycles. The molecule has 2 saturated heterocycles. The molecule has 3 aliphatic rings. The van der Waals surface area contributed by atoms with Crippen molar-refractivity contribution in [3.63, 3.8) is 0 Å². The van der Waals surface area contributed by atoms with Gasteiger partial charge in [0.25, 0.3) is 0 Å². The number of carbonyl (C=O) groups excluding carboxylic acids is 1. The van der Waals surface area contributed by atoms with Crippen molar-refractivity contribution in [3.05, 3.63) is 35.4 Å². The second-order valence-electron chi connectivity index (χ2n) is 7.82. The number of carbonyl (C=O) groups is 1. The molecule has 2 bridgehead atoms. The zero-order valence-electron chi connectivity index (χ0n) is 15.3. The fraction of sp³-hybridized carbons (Fsp3) is 0.650. The van der Waals surface area contributed by atoms with Crippen LogP contribution in [0.25, 0.3) is 0 Å². The van der Waals surface area contributed by atoms with Gasteiger partial charge >= 0.3 is 0 Å². The lowest BCUT2D eigenvalue weighted by atomic mass is 9.89. The number of nitrogens with zero attached hydrogens (tertiary/aromatic N) is 1. The van der Waals surface area contributed by atoms with Crippen molar-refractivity contribution in [3.8, 4) is 0 Å². The summed E-state index contributed by atoms with van der Waals surface area (Å²) in [6.45, 7) is 3.85. The van der Waals surface area contributed by atoms with Gasteiger partial charge in [0.15, 0.2) is 0 Å². The Bertz CT molecular complexity index is 586. The fourth-order valence-corrected chi connectivity index (χ4v) is 4.77. The summed E-state index contributed by atoms with van der Waals surface area (Å²) in [6, 6.07) is 10.1. The molecule has 146 valence electrons. The van der Waals surface area contributed by atoms with Gasteiger partial charge in [0.1, 0.15) is 0 Å². The second-order valence-corrected chi connectivity index (χ2v) is 7.82. The van der Waals surface area contributed by atoms with Crippen LogP contribution in [0, 0.1) is 5.92 Å². The summed E-state index contributed by atoms with van der Waals surface area (Å²) < 4.78 is 0. The molecule has 2 unspecified atom stereocenters. The van der Waals surface area contributed by atoms with Crippen molar-refractivity contribution in [2.75, 3.05) is 19.6 Å². The lowest BCUT2D eigenvalue weighted by Crippen LogP contribution is -2.41. The van der Waals surface area contributed by atoms with E-state index in [1.165, 1.54) is 36.8 Å². The maximum atomic E-state index is 12.2. The Balaban J connectivity index is 0.00000121. The standard InChI is InChI=1S/C20H29N3O.2ClH/c24-20(13-15-11-18-5-6-19(12-15)22-18)21-8-10-23-9-7-16-3-1-2-4-17(16)14-23;;/h1-4,15,18-19,22H,5-14H2,(H,21,24);2*1H. The zero-order chi connectivity index (χ0) is 16.4. The number of hydrogen-bond acceptors (Lipinski definition) is 3. The first kappa shape index (κ1) is 21.5. The van der Waals surface area contributed by atoms with Gasteiger partial charge in [-0.25, -0.2) is 0 Å². The average molecular weight is 400 g/mol. The molecule has 0 radical (unpaired) electrons. The van der Waals surface area contributed by atoms with Crippen LogP contribution in [0.5, 0.6) is 0 Å². The third kappa shape index (κ3) is 5.35. The Morgan fingerprint density at radius 2 is 1.81 bits per heavy atom. The smallest absolute Gasteiger partial charge is 0.220 e. The third-order valence-corrected chi connectivity index (χ3v) is 6.00. The Kier molecular flexibility index (Phi) is 8.21. The van der Waals surface area contributed by atoms with E-state index in [1.54, 1.807) is 0 Å². The van der Waals surface area contributed by atoms with Gasteiger partial charge in [-0.3, -0.25) is 9.69 Å². The Labute approximate surface area is 169 Å². The van der Waals surface area contributed by atoms with E-state index in [9.17, 15) is 4.79 Å². The summed E-state index contributed by atoms with van der Waals surface area (Å²) in [6.07, 6.45) is 6.83. The first-order chi connectivity index (χ1) is 11.8. The number of rotatable bonds is 5. The molecule has 1 aromatic rings. The summed E-state index contributed by atoms with van der Waals surface area (Å²) in [5.41, 5.74) is 2.93. The largest absolute Gasteiger partial charge is 0.355 e. The SMILES string of the molecule is Cl.Cl.O=C(CC1CC2CCC(C1)N2)NCCN1CCc2ccccc2C1. The summed E-state index contributed by atoms with van der Waals surface area (Å²) in [5, 5.41) is 6.80. The Morgan fingerprint density at radius 3 is 2.54 bits per heavy atom. The first-order valence-electron chi connectivity index (χ1n) is 9.58. The molecule has 0 saturated carbocycles. The van der Waals surface area contributed by atoms with Gasteiger partial charge in [-0.1, -0.05) is 24.3 Å². The molecule has 1 amide bonds. The zero-order valence-corrected chi connectivity index (χ0v) is 16.9. The van der Waals surface area contributed by atoms with Crippen LogP contribution in [0.4, 0.5) is 0 Å². The van der Waals surface area contributed by atoms with Crippen molar-refractivity contribution in [2.24, 2.45) is 5.92 Å². The van der Waals surface area contributed by atoms with E-state index >= 15 is 0 Å². The van der Waals surface area contributed by atoms with E-state index in [0.29, 0.717) is 18.0 Å². The van der Waals surface area contributed by atoms with E-state index in [-0.39, 0.29) is 30.7 Å². The topological polar surface area (TPSA) is 44.4 Å². The van der Waals surface area contributed by atoms with Crippen LogP contribution in [0.3, 0.4) is 0 Å². The minimum absolute atomic E-state index is 0. The van der Waals surface area contributed by atoms with Crippen LogP contribution in [0.2, 0.25) is 0 Å². The number of halogens is 2. The lowest BCUT2D eigenvalue weighted by Gasteiger charge is -2.29. The molecule has 1 aromatic carbocycles. The van der Waals surface area contributed by atoms with Gasteiger partial charge in [0, 0.05) is 44.7 Å². The number of hydrogen-bond donors (Lipinski definition) is 2. The van der Waals surface area contributed by atoms with Crippen LogP contribution in [-0.2, 0) is 17.8 Å². The van der Waals surface area contributed by atoms with Crippen LogP contribution < -0.4 is 10.6 Å². The molecule has 3 aliphatic heterocycles. The van der Waals surface area contributed by atoms with E-state index < -0.39 is 0 Å². The van der Waals surface area contributed by atoms with E-state index in [1.807, 2.05) is 0 Å². The van der Waals surface area contributed by atoms with E-state index in [2.05, 4.69) is 39.8 Å². The predicted octanol–water partition coefficient (Wildman–Crippen LogP) is 2.93. The molecule has 0 spiro atoms. The molecular weight excluding hydrogens is 369 g/mol. The highest BCUT2D eigenvalue weighted by Gasteiger charge is 2.34. The molecule has 26 heavy (non-hydrogen) atoms. The quantitative estimate of drug-likeness (QED) is 0.799. The van der Waals surface area contributed by atoms with Gasteiger partial charge < -0.3 is 10.6 Å². The molecule has 6 heteroatoms. The molecule has 3 heterocycles. The van der Waals surface area contributed by atoms with Crippen LogP contribution >= 0.6 is 24.8 Å². The van der Waals surface area contributed by atoms with Gasteiger partial charge in [-0.15, -0.1) is 24.8 Å². The van der Waals surface area contributed by atoms with Crippen LogP contribution in [0.1, 0.15) is 43.2 Å². The normalized spacial score (nSPS) is 27.0. The van der Waals surface area contributed by atoms with Crippen molar-refractivity contribution in [2.45, 2.75) is 57.2 Å². The van der Waals surface area contributed by atoms with E-state index in [4.69, 9.17) is 0 Å².